The summed E-state index contributed by atoms with van der Waals surface area (Å²) in [5.74, 6) is 1.98. The molecule has 14 heavy (non-hydrogen) atoms. The van der Waals surface area contributed by atoms with Crippen LogP contribution in [-0.4, -0.2) is 16.1 Å². The molecule has 1 aliphatic heterocycles. The van der Waals surface area contributed by atoms with Gasteiger partial charge < -0.3 is 9.88 Å². The van der Waals surface area contributed by atoms with Crippen molar-refractivity contribution in [2.45, 2.75) is 38.1 Å². The van der Waals surface area contributed by atoms with Gasteiger partial charge in [0.1, 0.15) is 0 Å². The van der Waals surface area contributed by atoms with Crippen LogP contribution >= 0.6 is 0 Å². The molecule has 1 aliphatic carbocycles. The van der Waals surface area contributed by atoms with Crippen LogP contribution in [0.15, 0.2) is 12.4 Å². The predicted molar refractivity (Wildman–Crippen MR) is 56.3 cm³/mol. The molecule has 0 bridgehead atoms. The van der Waals surface area contributed by atoms with Gasteiger partial charge in [-0.05, 0) is 25.2 Å². The third-order valence-corrected chi connectivity index (χ3v) is 3.69. The predicted octanol–water partition coefficient (Wildman–Crippen LogP) is 2.43. The van der Waals surface area contributed by atoms with Crippen LogP contribution in [0.3, 0.4) is 0 Å². The molecule has 0 spiro atoms. The second-order valence-corrected chi connectivity index (χ2v) is 4.49. The molecule has 0 aromatic carbocycles. The Kier molecular flexibility index (Phi) is 1.96. The van der Waals surface area contributed by atoms with Gasteiger partial charge in [-0.3, -0.25) is 0 Å². The van der Waals surface area contributed by atoms with Crippen LogP contribution in [0.2, 0.25) is 0 Å². The second-order valence-electron chi connectivity index (χ2n) is 4.49. The average molecular weight is 191 g/mol. The molecule has 2 heterocycles. The summed E-state index contributed by atoms with van der Waals surface area (Å²) in [5.41, 5.74) is 0. The highest BCUT2D eigenvalue weighted by atomic mass is 15.2. The third kappa shape index (κ3) is 1.22. The minimum atomic E-state index is 0.719. The Morgan fingerprint density at radius 3 is 3.00 bits per heavy atom. The molecule has 3 heteroatoms. The highest BCUT2D eigenvalue weighted by Gasteiger charge is 2.29. The normalized spacial score (nSPS) is 27.3. The Morgan fingerprint density at radius 1 is 1.29 bits per heavy atom. The minimum Gasteiger partial charge on any atom is -0.356 e. The molecule has 0 amide bonds. The van der Waals surface area contributed by atoms with E-state index >= 15 is 0 Å². The molecular weight excluding hydrogens is 174 g/mol. The van der Waals surface area contributed by atoms with Crippen molar-refractivity contribution in [1.82, 2.24) is 9.55 Å². The molecule has 0 radical (unpaired) electrons. The molecule has 1 unspecified atom stereocenters. The molecule has 3 nitrogen and oxygen atoms in total. The number of nitrogens with one attached hydrogen (secondary N) is 1. The van der Waals surface area contributed by atoms with Gasteiger partial charge in [0, 0.05) is 25.0 Å². The van der Waals surface area contributed by atoms with Gasteiger partial charge in [0.15, 0.2) is 0 Å². The molecule has 0 saturated heterocycles. The number of hydrogen-bond acceptors (Lipinski definition) is 2. The van der Waals surface area contributed by atoms with E-state index in [4.69, 9.17) is 0 Å². The highest BCUT2D eigenvalue weighted by molar-refractivity contribution is 5.29. The Balaban J connectivity index is 1.88. The number of nitrogens with zero attached hydrogens (tertiary/aromatic N) is 2. The lowest BCUT2D eigenvalue weighted by Gasteiger charge is -2.30. The number of hydrogen-bond donors (Lipinski definition) is 1. The number of rotatable bonds is 1. The van der Waals surface area contributed by atoms with Gasteiger partial charge in [-0.15, -0.1) is 0 Å². The fourth-order valence-electron chi connectivity index (χ4n) is 2.99. The number of anilines is 1. The van der Waals surface area contributed by atoms with Gasteiger partial charge in [0.2, 0.25) is 5.95 Å². The maximum Gasteiger partial charge on any atom is 0.203 e. The first-order valence-corrected chi connectivity index (χ1v) is 5.72. The van der Waals surface area contributed by atoms with Crippen LogP contribution in [0.1, 0.15) is 38.1 Å². The lowest BCUT2D eigenvalue weighted by atomic mass is 9.94. The Bertz CT molecular complexity index is 312. The summed E-state index contributed by atoms with van der Waals surface area (Å²) in [4.78, 5) is 4.33. The standard InChI is InChI=1S/C11H17N3/c1-2-4-9(3-1)10-5-6-12-11-13-7-8-14(10)11/h7-10H,1-6H2,(H,12,13). The van der Waals surface area contributed by atoms with Crippen molar-refractivity contribution in [3.8, 4) is 0 Å². The van der Waals surface area contributed by atoms with Crippen LogP contribution < -0.4 is 5.32 Å². The lowest BCUT2D eigenvalue weighted by molar-refractivity contribution is 0.313. The summed E-state index contributed by atoms with van der Waals surface area (Å²) in [6.45, 7) is 1.10. The van der Waals surface area contributed by atoms with Gasteiger partial charge in [-0.25, -0.2) is 4.98 Å². The summed E-state index contributed by atoms with van der Waals surface area (Å²) in [6, 6.07) is 0.719. The van der Waals surface area contributed by atoms with Crippen LogP contribution in [-0.2, 0) is 0 Å². The van der Waals surface area contributed by atoms with Gasteiger partial charge in [-0.2, -0.15) is 0 Å². The van der Waals surface area contributed by atoms with Gasteiger partial charge in [0.25, 0.3) is 0 Å². The zero-order valence-corrected chi connectivity index (χ0v) is 8.45. The lowest BCUT2D eigenvalue weighted by Crippen LogP contribution is -2.27. The number of imidazole rings is 1. The maximum atomic E-state index is 4.33. The van der Waals surface area contributed by atoms with Crippen molar-refractivity contribution in [1.29, 1.82) is 0 Å². The molecule has 2 aliphatic rings. The van der Waals surface area contributed by atoms with Crippen LogP contribution in [0, 0.1) is 5.92 Å². The Labute approximate surface area is 84.5 Å². The van der Waals surface area contributed by atoms with E-state index in [1.165, 1.54) is 32.1 Å². The SMILES string of the molecule is c1cn2c(n1)NCCC2C1CCCC1. The molecule has 3 rings (SSSR count). The summed E-state index contributed by atoms with van der Waals surface area (Å²) >= 11 is 0. The fourth-order valence-corrected chi connectivity index (χ4v) is 2.99. The fraction of sp³-hybridized carbons (Fsp3) is 0.727. The summed E-state index contributed by atoms with van der Waals surface area (Å²) in [7, 11) is 0. The minimum absolute atomic E-state index is 0.719. The first-order chi connectivity index (χ1) is 6.95. The quantitative estimate of drug-likeness (QED) is 0.738. The summed E-state index contributed by atoms with van der Waals surface area (Å²) in [5, 5.41) is 3.35. The summed E-state index contributed by atoms with van der Waals surface area (Å²) < 4.78 is 2.35. The highest BCUT2D eigenvalue weighted by Crippen LogP contribution is 2.38. The molecule has 1 fully saturated rings. The molecule has 1 atom stereocenters. The van der Waals surface area contributed by atoms with Gasteiger partial charge >= 0.3 is 0 Å². The molecule has 1 saturated carbocycles. The van der Waals surface area contributed by atoms with Crippen molar-refractivity contribution < 1.29 is 0 Å². The number of fused-ring (bicyclic) bond motifs is 1. The molecule has 1 aromatic heterocycles. The van der Waals surface area contributed by atoms with E-state index in [-0.39, 0.29) is 0 Å². The van der Waals surface area contributed by atoms with Crippen LogP contribution in [0.25, 0.3) is 0 Å². The topological polar surface area (TPSA) is 29.9 Å². The first kappa shape index (κ1) is 8.33. The van der Waals surface area contributed by atoms with Crippen LogP contribution in [0.5, 0.6) is 0 Å². The molecule has 76 valence electrons. The van der Waals surface area contributed by atoms with E-state index in [1.54, 1.807) is 0 Å². The van der Waals surface area contributed by atoms with Crippen molar-refractivity contribution in [2.24, 2.45) is 5.92 Å². The van der Waals surface area contributed by atoms with E-state index in [0.717, 1.165) is 24.5 Å². The van der Waals surface area contributed by atoms with Crippen LogP contribution in [0.4, 0.5) is 5.95 Å². The van der Waals surface area contributed by atoms with Crippen molar-refractivity contribution in [3.63, 3.8) is 0 Å². The van der Waals surface area contributed by atoms with Gasteiger partial charge in [-0.1, -0.05) is 12.8 Å². The van der Waals surface area contributed by atoms with E-state index in [0.29, 0.717) is 0 Å². The molecular formula is C11H17N3. The van der Waals surface area contributed by atoms with E-state index in [2.05, 4.69) is 21.1 Å². The third-order valence-electron chi connectivity index (χ3n) is 3.69. The van der Waals surface area contributed by atoms with E-state index < -0.39 is 0 Å². The largest absolute Gasteiger partial charge is 0.356 e. The second kappa shape index (κ2) is 3.30. The van der Waals surface area contributed by atoms with Crippen molar-refractivity contribution >= 4 is 5.95 Å². The van der Waals surface area contributed by atoms with E-state index in [1.807, 2.05) is 6.20 Å². The summed E-state index contributed by atoms with van der Waals surface area (Å²) in [6.07, 6.45) is 11.0. The van der Waals surface area contributed by atoms with E-state index in [9.17, 15) is 0 Å². The molecule has 1 aromatic rings. The van der Waals surface area contributed by atoms with Crippen molar-refractivity contribution in [2.75, 3.05) is 11.9 Å². The smallest absolute Gasteiger partial charge is 0.203 e. The average Bonchev–Trinajstić information content (AvgIpc) is 2.88. The van der Waals surface area contributed by atoms with Crippen molar-refractivity contribution in [3.05, 3.63) is 12.4 Å². The van der Waals surface area contributed by atoms with Gasteiger partial charge in [0.05, 0.1) is 0 Å². The zero-order valence-electron chi connectivity index (χ0n) is 8.45. The molecule has 1 N–H and O–H groups in total. The monoisotopic (exact) mass is 191 g/mol. The zero-order chi connectivity index (χ0) is 9.38. The maximum absolute atomic E-state index is 4.33. The Hall–Kier alpha value is -0.990. The first-order valence-electron chi connectivity index (χ1n) is 5.72. The number of aromatic nitrogens is 2. The Morgan fingerprint density at radius 2 is 2.14 bits per heavy atom.